The van der Waals surface area contributed by atoms with Crippen LogP contribution >= 0.6 is 22.6 Å². The summed E-state index contributed by atoms with van der Waals surface area (Å²) in [6.07, 6.45) is 4.96. The summed E-state index contributed by atoms with van der Waals surface area (Å²) in [7, 11) is 1.58. The van der Waals surface area contributed by atoms with Gasteiger partial charge in [0.25, 0.3) is 0 Å². The molecule has 0 radical (unpaired) electrons. The number of rotatable bonds is 5. The molecule has 0 aliphatic rings. The number of carbonyl (C=O) groups excluding carboxylic acids is 2. The fourth-order valence-electron chi connectivity index (χ4n) is 0.964. The molecule has 2 amide bonds. The van der Waals surface area contributed by atoms with E-state index in [1.165, 1.54) is 4.90 Å². The van der Waals surface area contributed by atoms with E-state index in [-0.39, 0.29) is 0 Å². The van der Waals surface area contributed by atoms with Crippen LogP contribution in [0, 0.1) is 0 Å². The van der Waals surface area contributed by atoms with Crippen LogP contribution in [-0.2, 0) is 9.59 Å². The van der Waals surface area contributed by atoms with E-state index in [1.54, 1.807) is 7.05 Å². The lowest BCUT2D eigenvalue weighted by atomic mass is 10.2. The molecule has 0 aromatic heterocycles. The number of unbranched alkanes of at least 4 members (excludes halogenated alkanes) is 2. The number of hydrogen-bond acceptors (Lipinski definition) is 2. The molecule has 0 aliphatic carbocycles. The lowest BCUT2D eigenvalue weighted by molar-refractivity contribution is -0.143. The molecule has 80 valence electrons. The Morgan fingerprint density at radius 2 is 2.07 bits per heavy atom. The predicted molar refractivity (Wildman–Crippen MR) is 63.8 cm³/mol. The van der Waals surface area contributed by atoms with E-state index in [2.05, 4.69) is 28.7 Å². The lowest BCUT2D eigenvalue weighted by Crippen LogP contribution is -2.38. The fraction of sp³-hybridized carbons (Fsp3) is 0.556. The van der Waals surface area contributed by atoms with Crippen molar-refractivity contribution in [3.8, 4) is 0 Å². The summed E-state index contributed by atoms with van der Waals surface area (Å²) in [4.78, 5) is 22.9. The Labute approximate surface area is 97.7 Å². The monoisotopic (exact) mass is 310 g/mol. The van der Waals surface area contributed by atoms with Crippen LogP contribution in [0.5, 0.6) is 0 Å². The zero-order valence-corrected chi connectivity index (χ0v) is 10.4. The number of hydrogen-bond donors (Lipinski definition) is 1. The van der Waals surface area contributed by atoms with Gasteiger partial charge < -0.3 is 10.6 Å². The number of nitrogens with zero attached hydrogens (tertiary/aromatic N) is 1. The van der Waals surface area contributed by atoms with Crippen molar-refractivity contribution in [2.24, 2.45) is 5.73 Å². The Morgan fingerprint density at radius 1 is 1.43 bits per heavy atom. The Hall–Kier alpha value is -0.590. The third-order valence-electron chi connectivity index (χ3n) is 1.76. The molecule has 5 heteroatoms. The van der Waals surface area contributed by atoms with Gasteiger partial charge in [-0.2, -0.15) is 0 Å². The highest BCUT2D eigenvalue weighted by Crippen LogP contribution is 2.00. The number of primary amides is 1. The van der Waals surface area contributed by atoms with Gasteiger partial charge in [-0.1, -0.05) is 28.7 Å². The summed E-state index contributed by atoms with van der Waals surface area (Å²) in [5, 5.41) is 0. The van der Waals surface area contributed by atoms with E-state index in [0.29, 0.717) is 6.54 Å². The average molecular weight is 310 g/mol. The van der Waals surface area contributed by atoms with Crippen LogP contribution in [-0.4, -0.2) is 30.3 Å². The summed E-state index contributed by atoms with van der Waals surface area (Å²) in [5.74, 6) is -1.51. The quantitative estimate of drug-likeness (QED) is 0.469. The smallest absolute Gasteiger partial charge is 0.311 e. The van der Waals surface area contributed by atoms with Crippen LogP contribution in [0.4, 0.5) is 0 Å². The van der Waals surface area contributed by atoms with Crippen molar-refractivity contribution in [2.75, 3.05) is 13.6 Å². The van der Waals surface area contributed by atoms with Crippen molar-refractivity contribution < 1.29 is 9.59 Å². The first-order chi connectivity index (χ1) is 6.59. The average Bonchev–Trinajstić information content (AvgIpc) is 2.16. The molecule has 0 spiro atoms. The van der Waals surface area contributed by atoms with Crippen molar-refractivity contribution in [2.45, 2.75) is 19.3 Å². The lowest BCUT2D eigenvalue weighted by Gasteiger charge is -2.14. The highest BCUT2D eigenvalue weighted by Gasteiger charge is 2.13. The molecule has 0 aromatic rings. The van der Waals surface area contributed by atoms with Crippen LogP contribution < -0.4 is 5.73 Å². The molecule has 0 unspecified atom stereocenters. The normalized spacial score (nSPS) is 10.4. The fourth-order valence-corrected chi connectivity index (χ4v) is 1.32. The Bertz CT molecular complexity index is 229. The standard InChI is InChI=1S/C9H15IN2O2/c1-12(9(14)8(11)13)7-5-3-2-4-6-10/h4,6H,2-3,5,7H2,1H3,(H2,11,13)/b6-4-. The summed E-state index contributed by atoms with van der Waals surface area (Å²) in [6, 6.07) is 0. The van der Waals surface area contributed by atoms with Gasteiger partial charge in [0.15, 0.2) is 0 Å². The van der Waals surface area contributed by atoms with Gasteiger partial charge in [0.1, 0.15) is 0 Å². The minimum atomic E-state index is -0.889. The molecule has 0 rings (SSSR count). The summed E-state index contributed by atoms with van der Waals surface area (Å²) in [6.45, 7) is 0.580. The maximum absolute atomic E-state index is 11.0. The third-order valence-corrected chi connectivity index (χ3v) is 2.27. The molecule has 0 heterocycles. The minimum Gasteiger partial charge on any atom is -0.361 e. The zero-order valence-electron chi connectivity index (χ0n) is 8.20. The van der Waals surface area contributed by atoms with Gasteiger partial charge in [-0.15, -0.1) is 0 Å². The largest absolute Gasteiger partial charge is 0.361 e. The molecule has 14 heavy (non-hydrogen) atoms. The number of likely N-dealkylation sites (N-methyl/N-ethyl adjacent to an activating group) is 1. The molecule has 0 aliphatic heterocycles. The first kappa shape index (κ1) is 13.4. The predicted octanol–water partition coefficient (Wildman–Crippen LogP) is 1.05. The maximum atomic E-state index is 11.0. The maximum Gasteiger partial charge on any atom is 0.311 e. The molecule has 0 saturated heterocycles. The van der Waals surface area contributed by atoms with Crippen LogP contribution in [0.15, 0.2) is 10.2 Å². The zero-order chi connectivity index (χ0) is 11.0. The van der Waals surface area contributed by atoms with Gasteiger partial charge in [-0.3, -0.25) is 9.59 Å². The molecule has 4 nitrogen and oxygen atoms in total. The highest BCUT2D eigenvalue weighted by atomic mass is 127. The van der Waals surface area contributed by atoms with Crippen LogP contribution in [0.1, 0.15) is 19.3 Å². The number of carbonyl (C=O) groups is 2. The molecular formula is C9H15IN2O2. The second kappa shape index (κ2) is 7.78. The molecule has 0 saturated carbocycles. The molecule has 0 aromatic carbocycles. The van der Waals surface area contributed by atoms with Gasteiger partial charge in [0.05, 0.1) is 0 Å². The van der Waals surface area contributed by atoms with Crippen molar-refractivity contribution in [3.63, 3.8) is 0 Å². The van der Waals surface area contributed by atoms with E-state index in [0.717, 1.165) is 19.3 Å². The molecular weight excluding hydrogens is 295 g/mol. The minimum absolute atomic E-state index is 0.580. The van der Waals surface area contributed by atoms with E-state index >= 15 is 0 Å². The first-order valence-electron chi connectivity index (χ1n) is 4.39. The molecule has 0 bridgehead atoms. The molecule has 0 atom stereocenters. The van der Waals surface area contributed by atoms with Gasteiger partial charge in [-0.25, -0.2) is 0 Å². The van der Waals surface area contributed by atoms with Crippen molar-refractivity contribution in [1.29, 1.82) is 0 Å². The number of allylic oxidation sites excluding steroid dienone is 1. The Balaban J connectivity index is 3.58. The third kappa shape index (κ3) is 5.95. The van der Waals surface area contributed by atoms with Gasteiger partial charge >= 0.3 is 11.8 Å². The summed E-state index contributed by atoms with van der Waals surface area (Å²) in [5.41, 5.74) is 4.85. The second-order valence-electron chi connectivity index (χ2n) is 2.95. The summed E-state index contributed by atoms with van der Waals surface area (Å²) < 4.78 is 1.97. The van der Waals surface area contributed by atoms with Crippen molar-refractivity contribution >= 4 is 34.4 Å². The van der Waals surface area contributed by atoms with Crippen LogP contribution in [0.3, 0.4) is 0 Å². The van der Waals surface area contributed by atoms with Crippen molar-refractivity contribution in [1.82, 2.24) is 4.90 Å². The molecule has 0 fully saturated rings. The van der Waals surface area contributed by atoms with Crippen molar-refractivity contribution in [3.05, 3.63) is 10.2 Å². The van der Waals surface area contributed by atoms with Crippen LogP contribution in [0.25, 0.3) is 0 Å². The second-order valence-corrected chi connectivity index (χ2v) is 3.67. The summed E-state index contributed by atoms with van der Waals surface area (Å²) >= 11 is 2.17. The number of nitrogens with two attached hydrogens (primary N) is 1. The number of amides is 2. The SMILES string of the molecule is CN(CCCC/C=C\I)C(=O)C(N)=O. The molecule has 2 N–H and O–H groups in total. The van der Waals surface area contributed by atoms with E-state index in [4.69, 9.17) is 5.73 Å². The van der Waals surface area contributed by atoms with E-state index in [9.17, 15) is 9.59 Å². The van der Waals surface area contributed by atoms with Gasteiger partial charge in [-0.05, 0) is 23.3 Å². The van der Waals surface area contributed by atoms with Gasteiger partial charge in [0.2, 0.25) is 0 Å². The Morgan fingerprint density at radius 3 is 2.57 bits per heavy atom. The van der Waals surface area contributed by atoms with E-state index < -0.39 is 11.8 Å². The van der Waals surface area contributed by atoms with E-state index in [1.807, 2.05) is 4.08 Å². The number of halogens is 1. The van der Waals surface area contributed by atoms with Crippen LogP contribution in [0.2, 0.25) is 0 Å². The Kier molecular flexibility index (Phi) is 7.45. The highest BCUT2D eigenvalue weighted by molar-refractivity contribution is 14.1. The van der Waals surface area contributed by atoms with Gasteiger partial charge in [0, 0.05) is 13.6 Å². The topological polar surface area (TPSA) is 63.4 Å². The first-order valence-corrected chi connectivity index (χ1v) is 5.64.